The van der Waals surface area contributed by atoms with Gasteiger partial charge in [0.15, 0.2) is 0 Å². The summed E-state index contributed by atoms with van der Waals surface area (Å²) in [5.74, 6) is 0.252. The second kappa shape index (κ2) is 6.08. The largest absolute Gasteiger partial charge is 0.508 e. The monoisotopic (exact) mass is 324 g/mol. The molecule has 3 aromatic rings. The van der Waals surface area contributed by atoms with Gasteiger partial charge in [-0.15, -0.1) is 0 Å². The first-order valence-electron chi connectivity index (χ1n) is 7.47. The Kier molecular flexibility index (Phi) is 3.95. The molecule has 0 saturated carbocycles. The van der Waals surface area contributed by atoms with Gasteiger partial charge in [-0.1, -0.05) is 0 Å². The van der Waals surface area contributed by atoms with Crippen LogP contribution < -0.4 is 0 Å². The minimum Gasteiger partial charge on any atom is -0.508 e. The van der Waals surface area contributed by atoms with Crippen LogP contribution in [0.5, 0.6) is 11.5 Å². The molecular weight excluding hydrogens is 308 g/mol. The fourth-order valence-electron chi connectivity index (χ4n) is 2.93. The molecule has 0 spiro atoms. The van der Waals surface area contributed by atoms with Crippen molar-refractivity contribution in [1.82, 2.24) is 4.57 Å². The van der Waals surface area contributed by atoms with Crippen molar-refractivity contribution in [3.63, 3.8) is 0 Å². The van der Waals surface area contributed by atoms with E-state index in [4.69, 9.17) is 0 Å². The van der Waals surface area contributed by atoms with Crippen LogP contribution in [0.3, 0.4) is 0 Å². The lowest BCUT2D eigenvalue weighted by Crippen LogP contribution is -1.97. The number of aromatic nitrogens is 1. The second-order valence-electron chi connectivity index (χ2n) is 5.36. The number of nitrogens with zero attached hydrogens (tertiary/aromatic N) is 2. The van der Waals surface area contributed by atoms with Gasteiger partial charge in [-0.3, -0.25) is 10.1 Å². The van der Waals surface area contributed by atoms with Crippen molar-refractivity contribution in [3.05, 3.63) is 64.3 Å². The summed E-state index contributed by atoms with van der Waals surface area (Å²) < 4.78 is 2.03. The molecule has 6 heteroatoms. The molecule has 122 valence electrons. The minimum absolute atomic E-state index is 0.101. The summed E-state index contributed by atoms with van der Waals surface area (Å²) in [4.78, 5) is 10.3. The van der Waals surface area contributed by atoms with Crippen molar-refractivity contribution < 1.29 is 15.1 Å². The molecule has 0 aliphatic heterocycles. The van der Waals surface area contributed by atoms with E-state index in [2.05, 4.69) is 0 Å². The zero-order valence-electron chi connectivity index (χ0n) is 13.0. The first-order chi connectivity index (χ1) is 11.5. The van der Waals surface area contributed by atoms with Crippen LogP contribution in [0.1, 0.15) is 12.5 Å². The van der Waals surface area contributed by atoms with Gasteiger partial charge in [-0.05, 0) is 55.0 Å². The number of benzene rings is 2. The van der Waals surface area contributed by atoms with Gasteiger partial charge in [0.2, 0.25) is 6.20 Å². The van der Waals surface area contributed by atoms with E-state index >= 15 is 0 Å². The van der Waals surface area contributed by atoms with Crippen LogP contribution in [-0.2, 0) is 6.54 Å². The van der Waals surface area contributed by atoms with Gasteiger partial charge in [-0.2, -0.15) is 0 Å². The predicted octanol–water partition coefficient (Wildman–Crippen LogP) is 3.99. The van der Waals surface area contributed by atoms with E-state index in [9.17, 15) is 20.3 Å². The Labute approximate surface area is 138 Å². The molecule has 0 aliphatic rings. The summed E-state index contributed by atoms with van der Waals surface area (Å²) in [6, 6.07) is 11.7. The minimum atomic E-state index is -0.515. The molecule has 1 aromatic heterocycles. The summed E-state index contributed by atoms with van der Waals surface area (Å²) in [6.45, 7) is 2.64. The molecule has 0 bridgehead atoms. The SMILES string of the molecule is CCn1c(-c2ccc(O)cc2)c(/C=C/[N+](=O)[O-])c2cc(O)ccc21. The van der Waals surface area contributed by atoms with Crippen molar-refractivity contribution in [2.24, 2.45) is 0 Å². The molecule has 2 aromatic carbocycles. The number of phenolic OH excluding ortho intramolecular Hbond substituents is 2. The third-order valence-electron chi connectivity index (χ3n) is 3.91. The first kappa shape index (κ1) is 15.6. The molecular formula is C18H16N2O4. The van der Waals surface area contributed by atoms with Gasteiger partial charge in [0.1, 0.15) is 11.5 Å². The van der Waals surface area contributed by atoms with E-state index in [-0.39, 0.29) is 11.5 Å². The number of hydrogen-bond acceptors (Lipinski definition) is 4. The van der Waals surface area contributed by atoms with Crippen molar-refractivity contribution >= 4 is 17.0 Å². The molecule has 6 nitrogen and oxygen atoms in total. The van der Waals surface area contributed by atoms with E-state index in [0.29, 0.717) is 12.1 Å². The zero-order chi connectivity index (χ0) is 17.3. The topological polar surface area (TPSA) is 88.5 Å². The van der Waals surface area contributed by atoms with Gasteiger partial charge in [0, 0.05) is 29.1 Å². The Balaban J connectivity index is 2.38. The highest BCUT2D eigenvalue weighted by Crippen LogP contribution is 2.37. The van der Waals surface area contributed by atoms with Gasteiger partial charge >= 0.3 is 0 Å². The molecule has 2 N–H and O–H groups in total. The maximum absolute atomic E-state index is 10.8. The molecule has 1 heterocycles. The van der Waals surface area contributed by atoms with Gasteiger partial charge < -0.3 is 14.8 Å². The Morgan fingerprint density at radius 2 is 1.79 bits per heavy atom. The summed E-state index contributed by atoms with van der Waals surface area (Å²) in [6.07, 6.45) is 2.33. The highest BCUT2D eigenvalue weighted by Gasteiger charge is 2.17. The van der Waals surface area contributed by atoms with Crippen molar-refractivity contribution in [2.75, 3.05) is 0 Å². The van der Waals surface area contributed by atoms with Crippen molar-refractivity contribution in [2.45, 2.75) is 13.5 Å². The lowest BCUT2D eigenvalue weighted by atomic mass is 10.0. The molecule has 0 aliphatic carbocycles. The summed E-state index contributed by atoms with van der Waals surface area (Å²) in [5.41, 5.74) is 3.16. The van der Waals surface area contributed by atoms with Crippen LogP contribution in [0.25, 0.3) is 28.2 Å². The fraction of sp³-hybridized carbons (Fsp3) is 0.111. The number of nitro groups is 1. The standard InChI is InChI=1S/C18H16N2O4/c1-2-19-17-8-7-14(22)11-16(17)15(9-10-20(23)24)18(19)12-3-5-13(21)6-4-12/h3-11,21-22H,2H2,1H3/b10-9+. The third kappa shape index (κ3) is 2.69. The summed E-state index contributed by atoms with van der Waals surface area (Å²) >= 11 is 0. The fourth-order valence-corrected chi connectivity index (χ4v) is 2.93. The summed E-state index contributed by atoms with van der Waals surface area (Å²) in [5, 5.41) is 30.8. The van der Waals surface area contributed by atoms with E-state index < -0.39 is 4.92 Å². The van der Waals surface area contributed by atoms with E-state index in [1.807, 2.05) is 11.5 Å². The molecule has 0 unspecified atom stereocenters. The normalized spacial score (nSPS) is 11.4. The molecule has 0 radical (unpaired) electrons. The first-order valence-corrected chi connectivity index (χ1v) is 7.47. The highest BCUT2D eigenvalue weighted by atomic mass is 16.6. The van der Waals surface area contributed by atoms with Crippen LogP contribution in [0.4, 0.5) is 0 Å². The highest BCUT2D eigenvalue weighted by molar-refractivity contribution is 5.98. The molecule has 0 amide bonds. The van der Waals surface area contributed by atoms with E-state index in [1.165, 1.54) is 6.08 Å². The number of hydrogen-bond donors (Lipinski definition) is 2. The molecule has 24 heavy (non-hydrogen) atoms. The third-order valence-corrected chi connectivity index (χ3v) is 3.91. The molecule has 0 fully saturated rings. The van der Waals surface area contributed by atoms with Gasteiger partial charge in [0.05, 0.1) is 10.6 Å². The van der Waals surface area contributed by atoms with Crippen LogP contribution in [0.2, 0.25) is 0 Å². The van der Waals surface area contributed by atoms with Crippen LogP contribution in [-0.4, -0.2) is 19.7 Å². The smallest absolute Gasteiger partial charge is 0.235 e. The quantitative estimate of drug-likeness (QED) is 0.561. The number of aryl methyl sites for hydroxylation is 1. The predicted molar refractivity (Wildman–Crippen MR) is 92.4 cm³/mol. The molecule has 0 atom stereocenters. The Morgan fingerprint density at radius 3 is 2.42 bits per heavy atom. The lowest BCUT2D eigenvalue weighted by molar-refractivity contribution is -0.400. The maximum atomic E-state index is 10.8. The van der Waals surface area contributed by atoms with Crippen LogP contribution in [0.15, 0.2) is 48.7 Å². The molecule has 0 saturated heterocycles. The van der Waals surface area contributed by atoms with Crippen LogP contribution in [0, 0.1) is 10.1 Å². The number of phenols is 2. The van der Waals surface area contributed by atoms with Gasteiger partial charge in [-0.25, -0.2) is 0 Å². The Morgan fingerprint density at radius 1 is 1.12 bits per heavy atom. The Hall–Kier alpha value is -3.28. The number of rotatable bonds is 4. The van der Waals surface area contributed by atoms with Gasteiger partial charge in [0.25, 0.3) is 0 Å². The average molecular weight is 324 g/mol. The lowest BCUT2D eigenvalue weighted by Gasteiger charge is -2.09. The molecule has 3 rings (SSSR count). The van der Waals surface area contributed by atoms with Crippen molar-refractivity contribution in [3.8, 4) is 22.8 Å². The zero-order valence-corrected chi connectivity index (χ0v) is 13.0. The second-order valence-corrected chi connectivity index (χ2v) is 5.36. The summed E-state index contributed by atoms with van der Waals surface area (Å²) in [7, 11) is 0. The number of fused-ring (bicyclic) bond motifs is 1. The maximum Gasteiger partial charge on any atom is 0.235 e. The van der Waals surface area contributed by atoms with E-state index in [1.54, 1.807) is 42.5 Å². The van der Waals surface area contributed by atoms with E-state index in [0.717, 1.165) is 28.4 Å². The van der Waals surface area contributed by atoms with Crippen molar-refractivity contribution in [1.29, 1.82) is 0 Å². The average Bonchev–Trinajstić information content (AvgIpc) is 2.86. The van der Waals surface area contributed by atoms with Crippen LogP contribution >= 0.6 is 0 Å². The number of aromatic hydroxyl groups is 2. The Bertz CT molecular complexity index is 940.